The van der Waals surface area contributed by atoms with Crippen LogP contribution in [0.3, 0.4) is 0 Å². The molecule has 0 aliphatic carbocycles. The van der Waals surface area contributed by atoms with Crippen LogP contribution in [-0.2, 0) is 9.59 Å². The number of carbonyl (C=O) groups excluding carboxylic acids is 2. The third-order valence-electron chi connectivity index (χ3n) is 2.49. The summed E-state index contributed by atoms with van der Waals surface area (Å²) < 4.78 is 15.1. The molecule has 0 saturated heterocycles. The molecule has 21 heavy (non-hydrogen) atoms. The molecule has 1 aromatic heterocycles. The Labute approximate surface area is 119 Å². The van der Waals surface area contributed by atoms with Crippen LogP contribution in [0.4, 0.5) is 0 Å². The second kappa shape index (κ2) is 5.62. The fraction of sp³-hybridized carbons (Fsp3) is 0.133. The maximum atomic E-state index is 11.6. The van der Waals surface area contributed by atoms with Crippen molar-refractivity contribution < 1.29 is 23.5 Å². The highest BCUT2D eigenvalue weighted by Gasteiger charge is 2.15. The SMILES string of the molecule is C=C(C)C(=O)Oc1cc2ccc(=O)oc2cc1OC(C)=O. The number of fused-ring (bicyclic) bond motifs is 1. The van der Waals surface area contributed by atoms with E-state index in [0.717, 1.165) is 0 Å². The zero-order chi connectivity index (χ0) is 15.6. The summed E-state index contributed by atoms with van der Waals surface area (Å²) in [6, 6.07) is 5.51. The smallest absolute Gasteiger partial charge is 0.338 e. The summed E-state index contributed by atoms with van der Waals surface area (Å²) in [6.45, 7) is 6.17. The predicted octanol–water partition coefficient (Wildman–Crippen LogP) is 2.20. The highest BCUT2D eigenvalue weighted by Crippen LogP contribution is 2.32. The van der Waals surface area contributed by atoms with Gasteiger partial charge in [0.05, 0.1) is 0 Å². The summed E-state index contributed by atoms with van der Waals surface area (Å²) in [5.41, 5.74) is -0.125. The molecule has 1 heterocycles. The van der Waals surface area contributed by atoms with Gasteiger partial charge in [-0.2, -0.15) is 0 Å². The molecule has 6 nitrogen and oxygen atoms in total. The summed E-state index contributed by atoms with van der Waals surface area (Å²) in [6.07, 6.45) is 0. The number of ether oxygens (including phenoxy) is 2. The first-order valence-corrected chi connectivity index (χ1v) is 6.01. The summed E-state index contributed by atoms with van der Waals surface area (Å²) in [4.78, 5) is 33.9. The number of hydrogen-bond donors (Lipinski definition) is 0. The minimum atomic E-state index is -0.653. The maximum Gasteiger partial charge on any atom is 0.338 e. The lowest BCUT2D eigenvalue weighted by Gasteiger charge is -2.10. The summed E-state index contributed by atoms with van der Waals surface area (Å²) in [5, 5.41) is 0.523. The average molecular weight is 288 g/mol. The Balaban J connectivity index is 2.56. The van der Waals surface area contributed by atoms with Crippen molar-refractivity contribution in [1.29, 1.82) is 0 Å². The van der Waals surface area contributed by atoms with Crippen molar-refractivity contribution >= 4 is 22.9 Å². The van der Waals surface area contributed by atoms with E-state index in [4.69, 9.17) is 13.9 Å². The Bertz CT molecular complexity index is 799. The Morgan fingerprint density at radius 3 is 2.38 bits per heavy atom. The van der Waals surface area contributed by atoms with Crippen molar-refractivity contribution in [2.45, 2.75) is 13.8 Å². The maximum absolute atomic E-state index is 11.6. The zero-order valence-electron chi connectivity index (χ0n) is 11.5. The monoisotopic (exact) mass is 288 g/mol. The molecule has 1 aromatic carbocycles. The van der Waals surface area contributed by atoms with Gasteiger partial charge >= 0.3 is 17.6 Å². The molecule has 0 saturated carbocycles. The van der Waals surface area contributed by atoms with Crippen molar-refractivity contribution in [2.24, 2.45) is 0 Å². The minimum Gasteiger partial charge on any atom is -0.423 e. The molecule has 0 aliphatic rings. The first kappa shape index (κ1) is 14.5. The third kappa shape index (κ3) is 3.36. The van der Waals surface area contributed by atoms with Gasteiger partial charge in [0.1, 0.15) is 5.58 Å². The number of hydrogen-bond acceptors (Lipinski definition) is 6. The molecule has 108 valence electrons. The second-order valence-corrected chi connectivity index (χ2v) is 4.35. The lowest BCUT2D eigenvalue weighted by Crippen LogP contribution is -2.11. The fourth-order valence-electron chi connectivity index (χ4n) is 1.58. The highest BCUT2D eigenvalue weighted by molar-refractivity contribution is 5.91. The van der Waals surface area contributed by atoms with Gasteiger partial charge in [-0.3, -0.25) is 4.79 Å². The van der Waals surface area contributed by atoms with E-state index in [2.05, 4.69) is 6.58 Å². The van der Waals surface area contributed by atoms with Crippen LogP contribution in [0.15, 0.2) is 45.6 Å². The quantitative estimate of drug-likeness (QED) is 0.372. The predicted molar refractivity (Wildman–Crippen MR) is 74.2 cm³/mol. The molecule has 0 aliphatic heterocycles. The van der Waals surface area contributed by atoms with Gasteiger partial charge in [-0.05, 0) is 19.1 Å². The first-order valence-electron chi connectivity index (χ1n) is 6.01. The molecule has 0 unspecified atom stereocenters. The number of benzene rings is 1. The molecule has 0 fully saturated rings. The van der Waals surface area contributed by atoms with Crippen molar-refractivity contribution in [2.75, 3.05) is 0 Å². The highest BCUT2D eigenvalue weighted by atomic mass is 16.6. The number of rotatable bonds is 3. The van der Waals surface area contributed by atoms with Crippen LogP contribution in [0, 0.1) is 0 Å². The van der Waals surface area contributed by atoms with Gasteiger partial charge in [0, 0.05) is 30.0 Å². The van der Waals surface area contributed by atoms with Crippen LogP contribution in [-0.4, -0.2) is 11.9 Å². The van der Waals surface area contributed by atoms with E-state index in [-0.39, 0.29) is 22.7 Å². The minimum absolute atomic E-state index is 0.0149. The fourth-order valence-corrected chi connectivity index (χ4v) is 1.58. The second-order valence-electron chi connectivity index (χ2n) is 4.35. The van der Waals surface area contributed by atoms with Gasteiger partial charge in [0.25, 0.3) is 0 Å². The van der Waals surface area contributed by atoms with E-state index in [1.807, 2.05) is 0 Å². The molecule has 0 spiro atoms. The Kier molecular flexibility index (Phi) is 3.89. The first-order chi connectivity index (χ1) is 9.86. The topological polar surface area (TPSA) is 82.8 Å². The Morgan fingerprint density at radius 2 is 1.76 bits per heavy atom. The van der Waals surface area contributed by atoms with Crippen LogP contribution in [0.1, 0.15) is 13.8 Å². The number of esters is 2. The molecule has 0 amide bonds. The molecule has 0 bridgehead atoms. The van der Waals surface area contributed by atoms with E-state index in [9.17, 15) is 14.4 Å². The van der Waals surface area contributed by atoms with Crippen molar-refractivity contribution in [1.82, 2.24) is 0 Å². The Morgan fingerprint density at radius 1 is 1.10 bits per heavy atom. The van der Waals surface area contributed by atoms with Crippen molar-refractivity contribution in [3.63, 3.8) is 0 Å². The molecule has 2 aromatic rings. The largest absolute Gasteiger partial charge is 0.423 e. The molecule has 6 heteroatoms. The zero-order valence-corrected chi connectivity index (χ0v) is 11.5. The average Bonchev–Trinajstić information content (AvgIpc) is 2.38. The molecule has 0 radical (unpaired) electrons. The van der Waals surface area contributed by atoms with Gasteiger partial charge < -0.3 is 13.9 Å². The van der Waals surface area contributed by atoms with E-state index in [0.29, 0.717) is 5.39 Å². The van der Waals surface area contributed by atoms with Crippen LogP contribution in [0.25, 0.3) is 11.0 Å². The van der Waals surface area contributed by atoms with E-state index in [1.165, 1.54) is 38.1 Å². The van der Waals surface area contributed by atoms with Gasteiger partial charge in [-0.1, -0.05) is 6.58 Å². The van der Waals surface area contributed by atoms with Crippen LogP contribution in [0.2, 0.25) is 0 Å². The summed E-state index contributed by atoms with van der Waals surface area (Å²) in [7, 11) is 0. The normalized spacial score (nSPS) is 10.2. The van der Waals surface area contributed by atoms with Gasteiger partial charge in [-0.15, -0.1) is 0 Å². The van der Waals surface area contributed by atoms with E-state index < -0.39 is 17.6 Å². The van der Waals surface area contributed by atoms with E-state index >= 15 is 0 Å². The van der Waals surface area contributed by atoms with Crippen LogP contribution in [0.5, 0.6) is 11.5 Å². The summed E-state index contributed by atoms with van der Waals surface area (Å²) >= 11 is 0. The molecular weight excluding hydrogens is 276 g/mol. The van der Waals surface area contributed by atoms with Crippen molar-refractivity contribution in [3.05, 3.63) is 46.8 Å². The van der Waals surface area contributed by atoms with E-state index in [1.54, 1.807) is 0 Å². The summed E-state index contributed by atoms with van der Waals surface area (Å²) in [5.74, 6) is -1.22. The number of carbonyl (C=O) groups is 2. The standard InChI is InChI=1S/C15H12O6/c1-8(2)15(18)21-12-6-10-4-5-14(17)20-11(10)7-13(12)19-9(3)16/h4-7H,1H2,2-3H3. The van der Waals surface area contributed by atoms with Crippen LogP contribution < -0.4 is 15.1 Å². The molecule has 2 rings (SSSR count). The molecule has 0 N–H and O–H groups in total. The van der Waals surface area contributed by atoms with Gasteiger partial charge in [0.2, 0.25) is 0 Å². The van der Waals surface area contributed by atoms with Gasteiger partial charge in [-0.25, -0.2) is 9.59 Å². The van der Waals surface area contributed by atoms with Crippen molar-refractivity contribution in [3.8, 4) is 11.5 Å². The molecule has 0 atom stereocenters. The van der Waals surface area contributed by atoms with Gasteiger partial charge in [0.15, 0.2) is 11.5 Å². The van der Waals surface area contributed by atoms with Crippen LogP contribution >= 0.6 is 0 Å². The molecular formula is C15H12O6. The Hall–Kier alpha value is -2.89. The lowest BCUT2D eigenvalue weighted by molar-refractivity contribution is -0.133. The lowest BCUT2D eigenvalue weighted by atomic mass is 10.2. The third-order valence-corrected chi connectivity index (χ3v) is 2.49.